The van der Waals surface area contributed by atoms with E-state index in [1.54, 1.807) is 21.1 Å². The highest BCUT2D eigenvalue weighted by Gasteiger charge is 2.35. The first-order valence-corrected chi connectivity index (χ1v) is 13.9. The number of carbonyl (C=O) groups excluding carboxylic acids is 3. The number of nitrogens with one attached hydrogen (secondary N) is 2. The van der Waals surface area contributed by atoms with Gasteiger partial charge in [-0.2, -0.15) is 0 Å². The Kier molecular flexibility index (Phi) is 10.3. The highest BCUT2D eigenvalue weighted by molar-refractivity contribution is 5.92. The second-order valence-corrected chi connectivity index (χ2v) is 10.5. The molecule has 0 radical (unpaired) electrons. The molecule has 1 fully saturated rings. The molecule has 8 heteroatoms. The second kappa shape index (κ2) is 14.1. The van der Waals surface area contributed by atoms with Crippen LogP contribution in [0.25, 0.3) is 10.8 Å². The van der Waals surface area contributed by atoms with Gasteiger partial charge in [0.15, 0.2) is 0 Å². The molecule has 0 unspecified atom stereocenters. The van der Waals surface area contributed by atoms with Crippen molar-refractivity contribution in [2.24, 2.45) is 0 Å². The normalized spacial score (nSPS) is 16.3. The number of rotatable bonds is 12. The number of hydrogen-bond acceptors (Lipinski definition) is 5. The molecule has 8 nitrogen and oxygen atoms in total. The summed E-state index contributed by atoms with van der Waals surface area (Å²) in [7, 11) is 4.85. The van der Waals surface area contributed by atoms with E-state index < -0.39 is 12.1 Å². The Hall–Kier alpha value is -3.75. The van der Waals surface area contributed by atoms with E-state index in [1.165, 1.54) is 9.80 Å². The molecule has 1 heterocycles. The summed E-state index contributed by atoms with van der Waals surface area (Å²) in [6, 6.07) is 22.4. The van der Waals surface area contributed by atoms with Crippen LogP contribution in [0, 0.1) is 0 Å². The molecule has 1 saturated heterocycles. The first kappa shape index (κ1) is 29.2. The zero-order valence-electron chi connectivity index (χ0n) is 23.6. The molecule has 1 aliphatic heterocycles. The standard InChI is InChI=1S/C32H40N4O4/c1-33-31(38)28(19-23-10-5-4-6-11-23)36(3)32(39)29(20-24-15-16-25-12-7-8-13-26(25)18-24)35(2)30(37)22-40-21-27-14-9-17-34-27/h4-8,10-13,15-16,18,27-29,34H,9,14,17,19-22H2,1-3H3,(H,33,38)/t27-,28+,29+/m0/s1. The molecule has 3 aromatic carbocycles. The van der Waals surface area contributed by atoms with Gasteiger partial charge >= 0.3 is 0 Å². The lowest BCUT2D eigenvalue weighted by Crippen LogP contribution is -2.56. The van der Waals surface area contributed by atoms with Crippen molar-refractivity contribution in [1.29, 1.82) is 0 Å². The number of hydrogen-bond donors (Lipinski definition) is 2. The lowest BCUT2D eigenvalue weighted by molar-refractivity contribution is -0.149. The third-order valence-electron chi connectivity index (χ3n) is 7.73. The summed E-state index contributed by atoms with van der Waals surface area (Å²) >= 11 is 0. The van der Waals surface area contributed by atoms with Crippen LogP contribution in [0.3, 0.4) is 0 Å². The van der Waals surface area contributed by atoms with E-state index >= 15 is 0 Å². The summed E-state index contributed by atoms with van der Waals surface area (Å²) in [4.78, 5) is 43.3. The fourth-order valence-electron chi connectivity index (χ4n) is 5.24. The number of ether oxygens (including phenoxy) is 1. The molecule has 3 amide bonds. The summed E-state index contributed by atoms with van der Waals surface area (Å²) < 4.78 is 5.74. The number of carbonyl (C=O) groups is 3. The maximum Gasteiger partial charge on any atom is 0.249 e. The van der Waals surface area contributed by atoms with Crippen molar-refractivity contribution in [3.05, 3.63) is 83.9 Å². The molecule has 3 atom stereocenters. The molecule has 1 aliphatic rings. The topological polar surface area (TPSA) is 91.0 Å². The zero-order chi connectivity index (χ0) is 28.5. The van der Waals surface area contributed by atoms with Crippen molar-refractivity contribution in [2.75, 3.05) is 40.9 Å². The fourth-order valence-corrected chi connectivity index (χ4v) is 5.24. The van der Waals surface area contributed by atoms with Gasteiger partial charge in [0, 0.05) is 40.0 Å². The van der Waals surface area contributed by atoms with E-state index in [9.17, 15) is 14.4 Å². The molecule has 4 rings (SSSR count). The summed E-state index contributed by atoms with van der Waals surface area (Å²) in [6.45, 7) is 1.31. The Bertz CT molecular complexity index is 1290. The van der Waals surface area contributed by atoms with Crippen LogP contribution >= 0.6 is 0 Å². The monoisotopic (exact) mass is 544 g/mol. The molecule has 40 heavy (non-hydrogen) atoms. The quantitative estimate of drug-likeness (QED) is 0.366. The first-order chi connectivity index (χ1) is 19.4. The predicted molar refractivity (Wildman–Crippen MR) is 157 cm³/mol. The average Bonchev–Trinajstić information content (AvgIpc) is 3.51. The van der Waals surface area contributed by atoms with Crippen LogP contribution in [0.5, 0.6) is 0 Å². The number of benzene rings is 3. The SMILES string of the molecule is CNC(=O)[C@@H](Cc1ccccc1)N(C)C(=O)[C@@H](Cc1ccc2ccccc2c1)N(C)C(=O)COC[C@@H]1CCCN1. The third-order valence-corrected chi connectivity index (χ3v) is 7.73. The van der Waals surface area contributed by atoms with Crippen molar-refractivity contribution in [2.45, 2.75) is 43.8 Å². The van der Waals surface area contributed by atoms with Crippen LogP contribution in [-0.4, -0.2) is 86.5 Å². The molecule has 3 aromatic rings. The Morgan fingerprint density at radius 3 is 2.30 bits per heavy atom. The minimum atomic E-state index is -0.810. The van der Waals surface area contributed by atoms with Crippen molar-refractivity contribution in [1.82, 2.24) is 20.4 Å². The summed E-state index contributed by atoms with van der Waals surface area (Å²) in [5.74, 6) is -0.832. The largest absolute Gasteiger partial charge is 0.370 e. The predicted octanol–water partition coefficient (Wildman–Crippen LogP) is 2.79. The van der Waals surface area contributed by atoms with E-state index in [4.69, 9.17) is 4.74 Å². The van der Waals surface area contributed by atoms with E-state index in [0.29, 0.717) is 19.4 Å². The van der Waals surface area contributed by atoms with Gasteiger partial charge in [-0.15, -0.1) is 0 Å². The molecule has 0 spiro atoms. The lowest BCUT2D eigenvalue weighted by Gasteiger charge is -2.34. The van der Waals surface area contributed by atoms with Gasteiger partial charge in [0.1, 0.15) is 18.7 Å². The molecule has 0 aromatic heterocycles. The van der Waals surface area contributed by atoms with Crippen molar-refractivity contribution in [3.8, 4) is 0 Å². The maximum absolute atomic E-state index is 14.1. The Labute approximate surface area is 236 Å². The van der Waals surface area contributed by atoms with E-state index in [2.05, 4.69) is 16.7 Å². The van der Waals surface area contributed by atoms with Gasteiger partial charge in [0.2, 0.25) is 17.7 Å². The van der Waals surface area contributed by atoms with Crippen LogP contribution < -0.4 is 10.6 Å². The van der Waals surface area contributed by atoms with Crippen LogP contribution in [-0.2, 0) is 32.0 Å². The van der Waals surface area contributed by atoms with Gasteiger partial charge in [0.05, 0.1) is 6.61 Å². The van der Waals surface area contributed by atoms with Crippen molar-refractivity contribution < 1.29 is 19.1 Å². The van der Waals surface area contributed by atoms with E-state index in [-0.39, 0.29) is 30.4 Å². The van der Waals surface area contributed by atoms with Crippen molar-refractivity contribution >= 4 is 28.5 Å². The molecule has 212 valence electrons. The average molecular weight is 545 g/mol. The molecular formula is C32H40N4O4. The Morgan fingerprint density at radius 2 is 1.60 bits per heavy atom. The van der Waals surface area contributed by atoms with Gasteiger partial charge in [0.25, 0.3) is 0 Å². The lowest BCUT2D eigenvalue weighted by atomic mass is 9.98. The molecule has 0 saturated carbocycles. The Morgan fingerprint density at radius 1 is 0.900 bits per heavy atom. The summed E-state index contributed by atoms with van der Waals surface area (Å²) in [6.07, 6.45) is 2.80. The minimum Gasteiger partial charge on any atom is -0.370 e. The first-order valence-electron chi connectivity index (χ1n) is 13.9. The highest BCUT2D eigenvalue weighted by Crippen LogP contribution is 2.20. The van der Waals surface area contributed by atoms with Crippen LogP contribution in [0.15, 0.2) is 72.8 Å². The van der Waals surface area contributed by atoms with Crippen LogP contribution in [0.2, 0.25) is 0 Å². The maximum atomic E-state index is 14.1. The van der Waals surface area contributed by atoms with Gasteiger partial charge in [-0.05, 0) is 41.3 Å². The summed E-state index contributed by atoms with van der Waals surface area (Å²) in [5.41, 5.74) is 1.88. The third kappa shape index (κ3) is 7.46. The van der Waals surface area contributed by atoms with Gasteiger partial charge in [-0.25, -0.2) is 0 Å². The highest BCUT2D eigenvalue weighted by atomic mass is 16.5. The van der Waals surface area contributed by atoms with Crippen molar-refractivity contribution in [3.63, 3.8) is 0 Å². The Balaban J connectivity index is 1.56. The number of nitrogens with zero attached hydrogens (tertiary/aromatic N) is 2. The molecule has 2 N–H and O–H groups in total. The number of likely N-dealkylation sites (N-methyl/N-ethyl adjacent to an activating group) is 3. The molecule has 0 bridgehead atoms. The smallest absolute Gasteiger partial charge is 0.249 e. The molecular weight excluding hydrogens is 504 g/mol. The number of amides is 3. The second-order valence-electron chi connectivity index (χ2n) is 10.5. The van der Waals surface area contributed by atoms with E-state index in [1.807, 2.05) is 66.7 Å². The fraction of sp³-hybridized carbons (Fsp3) is 0.406. The summed E-state index contributed by atoms with van der Waals surface area (Å²) in [5, 5.41) is 8.23. The number of fused-ring (bicyclic) bond motifs is 1. The van der Waals surface area contributed by atoms with Crippen LogP contribution in [0.4, 0.5) is 0 Å². The van der Waals surface area contributed by atoms with Gasteiger partial charge < -0.3 is 25.2 Å². The van der Waals surface area contributed by atoms with E-state index in [0.717, 1.165) is 41.3 Å². The minimum absolute atomic E-state index is 0.108. The van der Waals surface area contributed by atoms with Gasteiger partial charge in [-0.1, -0.05) is 72.8 Å². The van der Waals surface area contributed by atoms with Crippen LogP contribution in [0.1, 0.15) is 24.0 Å². The zero-order valence-corrected chi connectivity index (χ0v) is 23.6. The van der Waals surface area contributed by atoms with Gasteiger partial charge in [-0.3, -0.25) is 14.4 Å². The molecule has 0 aliphatic carbocycles.